The van der Waals surface area contributed by atoms with Crippen molar-refractivity contribution in [2.24, 2.45) is 0 Å². The van der Waals surface area contributed by atoms with Crippen LogP contribution in [0.3, 0.4) is 0 Å². The average molecular weight is 383 g/mol. The molecule has 2 heterocycles. The normalized spacial score (nSPS) is 16.7. The van der Waals surface area contributed by atoms with E-state index in [1.54, 1.807) is 36.6 Å². The van der Waals surface area contributed by atoms with Gasteiger partial charge in [0.05, 0.1) is 18.8 Å². The van der Waals surface area contributed by atoms with Crippen molar-refractivity contribution in [3.63, 3.8) is 0 Å². The molecule has 7 nitrogen and oxygen atoms in total. The van der Waals surface area contributed by atoms with E-state index in [1.807, 2.05) is 6.07 Å². The summed E-state index contributed by atoms with van der Waals surface area (Å²) < 4.78 is 5.23. The third kappa shape index (κ3) is 5.29. The first kappa shape index (κ1) is 19.8. The fourth-order valence-electron chi connectivity index (χ4n) is 3.35. The predicted octanol–water partition coefficient (Wildman–Crippen LogP) is 2.59. The molecule has 1 fully saturated rings. The summed E-state index contributed by atoms with van der Waals surface area (Å²) in [6.07, 6.45) is 3.61. The molecule has 0 bridgehead atoms. The number of hydrogen-bond donors (Lipinski definition) is 2. The minimum Gasteiger partial charge on any atom is -0.467 e. The topological polar surface area (TPSA) is 91.7 Å². The number of benzene rings is 1. The Hall–Kier alpha value is -2.93. The summed E-state index contributed by atoms with van der Waals surface area (Å²) in [5.41, 5.74) is 1.27. The Morgan fingerprint density at radius 1 is 1.18 bits per heavy atom. The van der Waals surface area contributed by atoms with Crippen molar-refractivity contribution in [3.8, 4) is 0 Å². The molecule has 0 spiro atoms. The van der Waals surface area contributed by atoms with Gasteiger partial charge in [-0.05, 0) is 62.7 Å². The molecule has 28 heavy (non-hydrogen) atoms. The monoisotopic (exact) mass is 383 g/mol. The molecule has 148 valence electrons. The minimum atomic E-state index is -0.211. The molecule has 1 unspecified atom stereocenters. The van der Waals surface area contributed by atoms with Crippen LogP contribution in [0.4, 0.5) is 5.69 Å². The highest BCUT2D eigenvalue weighted by Gasteiger charge is 2.30. The second kappa shape index (κ2) is 9.32. The van der Waals surface area contributed by atoms with Crippen molar-refractivity contribution in [3.05, 3.63) is 54.0 Å². The lowest BCUT2D eigenvalue weighted by molar-refractivity contribution is -0.126. The maximum absolute atomic E-state index is 12.5. The zero-order valence-corrected chi connectivity index (χ0v) is 15.9. The SMILES string of the molecule is CC(=O)c1ccc(NC(=O)CCN2CCCC2C(=O)NCc2ccco2)cc1. The van der Waals surface area contributed by atoms with Crippen LogP contribution in [-0.4, -0.2) is 41.6 Å². The summed E-state index contributed by atoms with van der Waals surface area (Å²) in [6.45, 7) is 3.20. The average Bonchev–Trinajstić information content (AvgIpc) is 3.36. The van der Waals surface area contributed by atoms with Crippen LogP contribution < -0.4 is 10.6 Å². The van der Waals surface area contributed by atoms with E-state index in [4.69, 9.17) is 4.42 Å². The molecular formula is C21H25N3O4. The number of rotatable bonds is 8. The van der Waals surface area contributed by atoms with E-state index in [0.717, 1.165) is 19.4 Å². The lowest BCUT2D eigenvalue weighted by Crippen LogP contribution is -2.43. The van der Waals surface area contributed by atoms with E-state index in [0.29, 0.717) is 36.5 Å². The third-order valence-corrected chi connectivity index (χ3v) is 4.88. The number of carbonyl (C=O) groups is 3. The summed E-state index contributed by atoms with van der Waals surface area (Å²) in [4.78, 5) is 38.0. The quantitative estimate of drug-likeness (QED) is 0.684. The number of carbonyl (C=O) groups excluding carboxylic acids is 3. The number of Topliss-reactive ketones (excluding diaryl/α,β-unsaturated/α-hetero) is 1. The van der Waals surface area contributed by atoms with Crippen LogP contribution in [0.2, 0.25) is 0 Å². The molecule has 0 aliphatic carbocycles. The summed E-state index contributed by atoms with van der Waals surface area (Å²) >= 11 is 0. The number of nitrogens with one attached hydrogen (secondary N) is 2. The summed E-state index contributed by atoms with van der Waals surface area (Å²) in [6, 6.07) is 10.2. The van der Waals surface area contributed by atoms with E-state index in [2.05, 4.69) is 15.5 Å². The molecule has 3 rings (SSSR count). The Labute approximate surface area is 164 Å². The molecule has 7 heteroatoms. The van der Waals surface area contributed by atoms with Crippen molar-refractivity contribution in [2.45, 2.75) is 38.8 Å². The maximum atomic E-state index is 12.5. The van der Waals surface area contributed by atoms with E-state index >= 15 is 0 Å². The number of furan rings is 1. The highest BCUT2D eigenvalue weighted by molar-refractivity contribution is 5.95. The van der Waals surface area contributed by atoms with Crippen LogP contribution >= 0.6 is 0 Å². The van der Waals surface area contributed by atoms with Crippen LogP contribution in [0.25, 0.3) is 0 Å². The Morgan fingerprint density at radius 3 is 2.64 bits per heavy atom. The van der Waals surface area contributed by atoms with E-state index in [9.17, 15) is 14.4 Å². The molecule has 2 aromatic rings. The predicted molar refractivity (Wildman–Crippen MR) is 105 cm³/mol. The molecule has 1 atom stereocenters. The number of amides is 2. The highest BCUT2D eigenvalue weighted by atomic mass is 16.3. The number of likely N-dealkylation sites (tertiary alicyclic amines) is 1. The van der Waals surface area contributed by atoms with Gasteiger partial charge in [0.15, 0.2) is 5.78 Å². The zero-order valence-electron chi connectivity index (χ0n) is 15.9. The van der Waals surface area contributed by atoms with Crippen LogP contribution in [0, 0.1) is 0 Å². The van der Waals surface area contributed by atoms with Crippen LogP contribution in [0.15, 0.2) is 47.1 Å². The van der Waals surface area contributed by atoms with Crippen molar-refractivity contribution < 1.29 is 18.8 Å². The lowest BCUT2D eigenvalue weighted by Gasteiger charge is -2.23. The summed E-state index contributed by atoms with van der Waals surface area (Å²) in [5, 5.41) is 5.73. The first-order valence-electron chi connectivity index (χ1n) is 9.48. The first-order chi connectivity index (χ1) is 13.5. The molecule has 2 N–H and O–H groups in total. The van der Waals surface area contributed by atoms with Crippen molar-refractivity contribution in [1.82, 2.24) is 10.2 Å². The number of nitrogens with zero attached hydrogens (tertiary/aromatic N) is 1. The van der Waals surface area contributed by atoms with Gasteiger partial charge < -0.3 is 15.1 Å². The Bertz CT molecular complexity index is 815. The van der Waals surface area contributed by atoms with Gasteiger partial charge in [-0.15, -0.1) is 0 Å². The summed E-state index contributed by atoms with van der Waals surface area (Å²) in [5.74, 6) is 0.558. The maximum Gasteiger partial charge on any atom is 0.237 e. The van der Waals surface area contributed by atoms with Crippen molar-refractivity contribution >= 4 is 23.3 Å². The van der Waals surface area contributed by atoms with E-state index in [-0.39, 0.29) is 23.6 Å². The molecule has 1 saturated heterocycles. The number of ketones is 1. The van der Waals surface area contributed by atoms with Crippen LogP contribution in [0.5, 0.6) is 0 Å². The first-order valence-corrected chi connectivity index (χ1v) is 9.48. The van der Waals surface area contributed by atoms with Gasteiger partial charge in [0, 0.05) is 24.2 Å². The smallest absolute Gasteiger partial charge is 0.237 e. The Kier molecular flexibility index (Phi) is 6.60. The molecule has 0 radical (unpaired) electrons. The van der Waals surface area contributed by atoms with Crippen molar-refractivity contribution in [1.29, 1.82) is 0 Å². The number of hydrogen-bond acceptors (Lipinski definition) is 5. The van der Waals surface area contributed by atoms with Crippen molar-refractivity contribution in [2.75, 3.05) is 18.4 Å². The zero-order chi connectivity index (χ0) is 19.9. The Morgan fingerprint density at radius 2 is 1.96 bits per heavy atom. The van der Waals surface area contributed by atoms with Gasteiger partial charge in [-0.25, -0.2) is 0 Å². The largest absolute Gasteiger partial charge is 0.467 e. The minimum absolute atomic E-state index is 0.0109. The van der Waals surface area contributed by atoms with Gasteiger partial charge in [-0.3, -0.25) is 19.3 Å². The van der Waals surface area contributed by atoms with Gasteiger partial charge in [0.1, 0.15) is 5.76 Å². The fourth-order valence-corrected chi connectivity index (χ4v) is 3.35. The van der Waals surface area contributed by atoms with Gasteiger partial charge in [-0.1, -0.05) is 0 Å². The lowest BCUT2D eigenvalue weighted by atomic mass is 10.1. The van der Waals surface area contributed by atoms with Gasteiger partial charge in [0.25, 0.3) is 0 Å². The molecule has 2 amide bonds. The highest BCUT2D eigenvalue weighted by Crippen LogP contribution is 2.18. The number of anilines is 1. The Balaban J connectivity index is 1.45. The summed E-state index contributed by atoms with van der Waals surface area (Å²) in [7, 11) is 0. The fraction of sp³-hybridized carbons (Fsp3) is 0.381. The standard InChI is InChI=1S/C21H25N3O4/c1-15(25)16-6-8-17(9-7-16)23-20(26)10-12-24-11-2-5-19(24)21(27)22-14-18-4-3-13-28-18/h3-4,6-9,13,19H,2,5,10-12,14H2,1H3,(H,22,27)(H,23,26). The van der Waals surface area contributed by atoms with Gasteiger partial charge >= 0.3 is 0 Å². The van der Waals surface area contributed by atoms with Gasteiger partial charge in [-0.2, -0.15) is 0 Å². The van der Waals surface area contributed by atoms with E-state index in [1.165, 1.54) is 6.92 Å². The molecule has 1 aromatic carbocycles. The molecule has 1 aliphatic rings. The molecule has 1 aliphatic heterocycles. The molecular weight excluding hydrogens is 358 g/mol. The van der Waals surface area contributed by atoms with Crippen LogP contribution in [0.1, 0.15) is 42.3 Å². The second-order valence-electron chi connectivity index (χ2n) is 6.92. The second-order valence-corrected chi connectivity index (χ2v) is 6.92. The third-order valence-electron chi connectivity index (χ3n) is 4.88. The van der Waals surface area contributed by atoms with Gasteiger partial charge in [0.2, 0.25) is 11.8 Å². The van der Waals surface area contributed by atoms with E-state index < -0.39 is 0 Å². The molecule has 0 saturated carbocycles. The molecule has 1 aromatic heterocycles. The van der Waals surface area contributed by atoms with Crippen LogP contribution in [-0.2, 0) is 16.1 Å².